The van der Waals surface area contributed by atoms with Crippen molar-refractivity contribution in [1.29, 1.82) is 0 Å². The molecule has 8 nitrogen and oxygen atoms in total. The van der Waals surface area contributed by atoms with Crippen molar-refractivity contribution in [3.05, 3.63) is 73.9 Å². The number of nitrogens with zero attached hydrogens (tertiary/aromatic N) is 2. The fourth-order valence-electron chi connectivity index (χ4n) is 4.85. The second-order valence-electron chi connectivity index (χ2n) is 8.09. The average molecular weight is 441 g/mol. The van der Waals surface area contributed by atoms with Crippen molar-refractivity contribution in [3.63, 3.8) is 0 Å². The van der Waals surface area contributed by atoms with Gasteiger partial charge in [0.05, 0.1) is 16.9 Å². The molecule has 1 fully saturated rings. The van der Waals surface area contributed by atoms with Crippen LogP contribution < -0.4 is 21.5 Å². The van der Waals surface area contributed by atoms with Crippen LogP contribution in [0.4, 0.5) is 5.69 Å². The molecule has 31 heavy (non-hydrogen) atoms. The number of aliphatic carboxylic acids is 1. The second kappa shape index (κ2) is 7.55. The number of hydrogen-bond acceptors (Lipinski definition) is 5. The molecule has 0 saturated carbocycles. The fraction of sp³-hybridized carbons (Fsp3) is 0.318. The minimum Gasteiger partial charge on any atom is -0.480 e. The molecule has 0 spiro atoms. The molecule has 2 aromatic carbocycles. The first-order chi connectivity index (χ1) is 15.0. The van der Waals surface area contributed by atoms with E-state index in [1.807, 2.05) is 0 Å². The van der Waals surface area contributed by atoms with Crippen LogP contribution in [0.2, 0.25) is 5.02 Å². The van der Waals surface area contributed by atoms with Gasteiger partial charge >= 0.3 is 11.7 Å². The number of carboxylic acid groups (broad SMARTS) is 1. The zero-order valence-corrected chi connectivity index (χ0v) is 17.3. The predicted molar refractivity (Wildman–Crippen MR) is 118 cm³/mol. The van der Waals surface area contributed by atoms with Gasteiger partial charge in [-0.15, -0.1) is 0 Å². The lowest BCUT2D eigenvalue weighted by molar-refractivity contribution is -0.139. The lowest BCUT2D eigenvalue weighted by Crippen LogP contribution is -2.49. The Morgan fingerprint density at radius 2 is 2.00 bits per heavy atom. The van der Waals surface area contributed by atoms with E-state index >= 15 is 0 Å². The largest absolute Gasteiger partial charge is 0.480 e. The van der Waals surface area contributed by atoms with Gasteiger partial charge in [-0.1, -0.05) is 23.7 Å². The van der Waals surface area contributed by atoms with Crippen LogP contribution in [0.3, 0.4) is 0 Å². The Morgan fingerprint density at radius 3 is 2.74 bits per heavy atom. The number of carbonyl (C=O) groups is 1. The molecule has 0 radical (unpaired) electrons. The third-order valence-corrected chi connectivity index (χ3v) is 6.47. The topological polar surface area (TPSA) is 107 Å². The minimum absolute atomic E-state index is 0.274. The van der Waals surface area contributed by atoms with E-state index in [-0.39, 0.29) is 5.92 Å². The summed E-state index contributed by atoms with van der Waals surface area (Å²) < 4.78 is 1.03. The number of anilines is 1. The highest BCUT2D eigenvalue weighted by molar-refractivity contribution is 6.30. The molecule has 3 atom stereocenters. The number of benzene rings is 2. The molecular formula is C22H21ClN4O4. The van der Waals surface area contributed by atoms with Gasteiger partial charge < -0.3 is 20.3 Å². The zero-order valence-electron chi connectivity index (χ0n) is 16.5. The molecule has 160 valence electrons. The number of halogens is 1. The number of carboxylic acids is 1. The maximum Gasteiger partial charge on any atom is 0.329 e. The highest BCUT2D eigenvalue weighted by Gasteiger charge is 2.46. The van der Waals surface area contributed by atoms with Crippen LogP contribution in [-0.2, 0) is 4.79 Å². The first-order valence-corrected chi connectivity index (χ1v) is 10.6. The predicted octanol–water partition coefficient (Wildman–Crippen LogP) is 1.82. The number of hydrogen-bond donors (Lipinski definition) is 3. The summed E-state index contributed by atoms with van der Waals surface area (Å²) in [5.74, 6) is -0.821. The molecule has 1 aromatic heterocycles. The molecule has 9 heteroatoms. The Hall–Kier alpha value is -3.10. The van der Waals surface area contributed by atoms with Crippen molar-refractivity contribution in [2.24, 2.45) is 5.92 Å². The SMILES string of the molecule is O=C(O)C1C(n2c(=O)[nH]c3ccccc3c2=O)c2cc(Cl)ccc2N1CC1CCNC1. The molecule has 3 unspecified atom stereocenters. The number of fused-ring (bicyclic) bond motifs is 2. The summed E-state index contributed by atoms with van der Waals surface area (Å²) >= 11 is 6.25. The molecule has 3 heterocycles. The van der Waals surface area contributed by atoms with Crippen LogP contribution in [0.5, 0.6) is 0 Å². The van der Waals surface area contributed by atoms with Gasteiger partial charge in [0.2, 0.25) is 0 Å². The normalized spacial score (nSPS) is 22.7. The first-order valence-electron chi connectivity index (χ1n) is 10.2. The highest BCUT2D eigenvalue weighted by atomic mass is 35.5. The van der Waals surface area contributed by atoms with E-state index < -0.39 is 29.3 Å². The fourth-order valence-corrected chi connectivity index (χ4v) is 5.03. The van der Waals surface area contributed by atoms with Crippen LogP contribution in [0.25, 0.3) is 10.9 Å². The summed E-state index contributed by atoms with van der Waals surface area (Å²) in [6.45, 7) is 2.19. The molecule has 3 aromatic rings. The van der Waals surface area contributed by atoms with E-state index in [0.717, 1.165) is 24.1 Å². The van der Waals surface area contributed by atoms with Gasteiger partial charge in [0.25, 0.3) is 5.56 Å². The lowest BCUT2D eigenvalue weighted by atomic mass is 10.0. The highest BCUT2D eigenvalue weighted by Crippen LogP contribution is 2.43. The molecule has 0 bridgehead atoms. The molecule has 1 saturated heterocycles. The van der Waals surface area contributed by atoms with Crippen molar-refractivity contribution in [3.8, 4) is 0 Å². The summed E-state index contributed by atoms with van der Waals surface area (Å²) in [5, 5.41) is 14.3. The first kappa shape index (κ1) is 19.8. The summed E-state index contributed by atoms with van der Waals surface area (Å²) in [6, 6.07) is 9.74. The summed E-state index contributed by atoms with van der Waals surface area (Å²) in [4.78, 5) is 43.4. The van der Waals surface area contributed by atoms with Crippen LogP contribution in [0, 0.1) is 5.92 Å². The smallest absolute Gasteiger partial charge is 0.329 e. The number of nitrogens with one attached hydrogen (secondary N) is 2. The standard InChI is InChI=1S/C22H21ClN4O4/c23-13-5-6-17-15(9-13)18(19(21(29)30)26(17)11-12-7-8-24-10-12)27-20(28)14-3-1-2-4-16(14)25-22(27)31/h1-6,9,12,18-19,24H,7-8,10-11H2,(H,25,31)(H,29,30). The number of rotatable bonds is 4. The Bertz CT molecular complexity index is 1290. The maximum absolute atomic E-state index is 13.3. The number of H-pyrrole nitrogens is 1. The van der Waals surface area contributed by atoms with E-state index in [4.69, 9.17) is 11.6 Å². The van der Waals surface area contributed by atoms with Crippen LogP contribution >= 0.6 is 11.6 Å². The van der Waals surface area contributed by atoms with E-state index in [1.165, 1.54) is 0 Å². The van der Waals surface area contributed by atoms with Crippen molar-refractivity contribution in [2.45, 2.75) is 18.5 Å². The molecule has 3 N–H and O–H groups in total. The third kappa shape index (κ3) is 3.23. The van der Waals surface area contributed by atoms with Crippen molar-refractivity contribution < 1.29 is 9.90 Å². The van der Waals surface area contributed by atoms with Gasteiger partial charge in [0, 0.05) is 22.8 Å². The van der Waals surface area contributed by atoms with Gasteiger partial charge in [-0.3, -0.25) is 4.79 Å². The van der Waals surface area contributed by atoms with E-state index in [9.17, 15) is 19.5 Å². The number of aromatic nitrogens is 2. The lowest BCUT2D eigenvalue weighted by Gasteiger charge is -2.29. The summed E-state index contributed by atoms with van der Waals surface area (Å²) in [5.41, 5.74) is 0.502. The molecule has 2 aliphatic rings. The summed E-state index contributed by atoms with van der Waals surface area (Å²) in [6.07, 6.45) is 0.937. The van der Waals surface area contributed by atoms with Gasteiger partial charge in [-0.25, -0.2) is 14.2 Å². The third-order valence-electron chi connectivity index (χ3n) is 6.24. The Balaban J connectivity index is 1.73. The molecule has 0 amide bonds. The van der Waals surface area contributed by atoms with Crippen molar-refractivity contribution in [1.82, 2.24) is 14.9 Å². The van der Waals surface area contributed by atoms with Crippen LogP contribution in [-0.4, -0.2) is 46.3 Å². The van der Waals surface area contributed by atoms with Crippen molar-refractivity contribution >= 4 is 34.2 Å². The maximum atomic E-state index is 13.3. The van der Waals surface area contributed by atoms with Gasteiger partial charge in [-0.2, -0.15) is 0 Å². The Kier molecular flexibility index (Phi) is 4.83. The van der Waals surface area contributed by atoms with Crippen LogP contribution in [0.1, 0.15) is 18.0 Å². The van der Waals surface area contributed by atoms with E-state index in [2.05, 4.69) is 10.3 Å². The zero-order chi connectivity index (χ0) is 21.7. The molecule has 0 aliphatic carbocycles. The molecule has 5 rings (SSSR count). The van der Waals surface area contributed by atoms with Gasteiger partial charge in [0.1, 0.15) is 0 Å². The van der Waals surface area contributed by atoms with Gasteiger partial charge in [0.15, 0.2) is 6.04 Å². The van der Waals surface area contributed by atoms with E-state index in [1.54, 1.807) is 47.4 Å². The Morgan fingerprint density at radius 1 is 1.19 bits per heavy atom. The van der Waals surface area contributed by atoms with Gasteiger partial charge in [-0.05, 0) is 55.8 Å². The number of para-hydroxylation sites is 1. The summed E-state index contributed by atoms with van der Waals surface area (Å²) in [7, 11) is 0. The van der Waals surface area contributed by atoms with Crippen molar-refractivity contribution in [2.75, 3.05) is 24.5 Å². The minimum atomic E-state index is -1.10. The monoisotopic (exact) mass is 440 g/mol. The quantitative estimate of drug-likeness (QED) is 0.571. The van der Waals surface area contributed by atoms with Crippen LogP contribution in [0.15, 0.2) is 52.1 Å². The molecular weight excluding hydrogens is 420 g/mol. The number of aromatic amines is 1. The van der Waals surface area contributed by atoms with E-state index in [0.29, 0.717) is 33.7 Å². The second-order valence-corrected chi connectivity index (χ2v) is 8.53. The molecule has 2 aliphatic heterocycles. The Labute approximate surface area is 182 Å². The average Bonchev–Trinajstić information content (AvgIpc) is 3.35.